The molecule has 0 spiro atoms. The smallest absolute Gasteiger partial charge is 0.154 e. The van der Waals surface area contributed by atoms with E-state index in [2.05, 4.69) is 38.7 Å². The van der Waals surface area contributed by atoms with Crippen molar-refractivity contribution in [3.8, 4) is 11.3 Å². The van der Waals surface area contributed by atoms with E-state index in [-0.39, 0.29) is 0 Å². The second-order valence-electron chi connectivity index (χ2n) is 7.06. The van der Waals surface area contributed by atoms with E-state index in [1.807, 2.05) is 29.0 Å². The lowest BCUT2D eigenvalue weighted by molar-refractivity contribution is 0.410. The van der Waals surface area contributed by atoms with Crippen LogP contribution in [0, 0.1) is 0 Å². The van der Waals surface area contributed by atoms with E-state index in [9.17, 15) is 0 Å². The number of fused-ring (bicyclic) bond motifs is 2. The van der Waals surface area contributed by atoms with Gasteiger partial charge in [-0.05, 0) is 43.9 Å². The molecule has 0 radical (unpaired) electrons. The monoisotopic (exact) mass is 347 g/mol. The minimum Gasteiger partial charge on any atom is -0.366 e. The first-order valence-electron chi connectivity index (χ1n) is 9.07. The second-order valence-corrected chi connectivity index (χ2v) is 7.06. The molecule has 0 aliphatic heterocycles. The van der Waals surface area contributed by atoms with Gasteiger partial charge in [-0.25, -0.2) is 9.50 Å². The van der Waals surface area contributed by atoms with Gasteiger partial charge in [-0.1, -0.05) is 12.1 Å². The quantitative estimate of drug-likeness (QED) is 0.529. The second kappa shape index (κ2) is 6.10. The number of aromatic amines is 1. The fourth-order valence-electron chi connectivity index (χ4n) is 3.72. The molecule has 0 saturated heterocycles. The Labute approximate surface area is 150 Å². The Balaban J connectivity index is 1.48. The average molecular weight is 347 g/mol. The zero-order valence-corrected chi connectivity index (χ0v) is 14.4. The van der Waals surface area contributed by atoms with Crippen molar-refractivity contribution in [2.75, 3.05) is 5.32 Å². The van der Waals surface area contributed by atoms with Crippen molar-refractivity contribution >= 4 is 22.4 Å². The van der Waals surface area contributed by atoms with E-state index in [4.69, 9.17) is 10.8 Å². The van der Waals surface area contributed by atoms with Gasteiger partial charge in [-0.15, -0.1) is 5.10 Å². The van der Waals surface area contributed by atoms with Crippen molar-refractivity contribution in [3.63, 3.8) is 0 Å². The van der Waals surface area contributed by atoms with Gasteiger partial charge in [0.25, 0.3) is 0 Å². The largest absolute Gasteiger partial charge is 0.366 e. The molecule has 1 saturated carbocycles. The van der Waals surface area contributed by atoms with Crippen molar-refractivity contribution in [1.82, 2.24) is 24.8 Å². The number of nitrogens with one attached hydrogen (secondary N) is 2. The highest BCUT2D eigenvalue weighted by Crippen LogP contribution is 2.25. The summed E-state index contributed by atoms with van der Waals surface area (Å²) in [6, 6.07) is 11.0. The number of anilines is 1. The summed E-state index contributed by atoms with van der Waals surface area (Å²) in [5.74, 6) is 0.875. The van der Waals surface area contributed by atoms with E-state index < -0.39 is 0 Å². The highest BCUT2D eigenvalue weighted by atomic mass is 15.3. The summed E-state index contributed by atoms with van der Waals surface area (Å²) in [7, 11) is 0. The third-order valence-corrected chi connectivity index (χ3v) is 5.22. The maximum atomic E-state index is 6.00. The number of aromatic nitrogens is 5. The number of imidazole rings is 1. The molecule has 1 fully saturated rings. The van der Waals surface area contributed by atoms with Crippen LogP contribution in [0.5, 0.6) is 0 Å². The van der Waals surface area contributed by atoms with Crippen LogP contribution in [0.3, 0.4) is 0 Å². The van der Waals surface area contributed by atoms with Crippen molar-refractivity contribution in [1.29, 1.82) is 0 Å². The Morgan fingerprint density at radius 1 is 1.08 bits per heavy atom. The van der Waals surface area contributed by atoms with Crippen LogP contribution in [-0.4, -0.2) is 36.9 Å². The number of hydrogen-bond acceptors (Lipinski definition) is 5. The molecule has 4 N–H and O–H groups in total. The summed E-state index contributed by atoms with van der Waals surface area (Å²) in [5, 5.41) is 16.5. The Kier molecular flexibility index (Phi) is 3.60. The molecule has 7 nitrogen and oxygen atoms in total. The summed E-state index contributed by atoms with van der Waals surface area (Å²) in [5.41, 5.74) is 9.86. The number of nitrogens with zero attached hydrogens (tertiary/aromatic N) is 4. The Morgan fingerprint density at radius 3 is 2.85 bits per heavy atom. The van der Waals surface area contributed by atoms with Crippen LogP contribution in [0.4, 0.5) is 5.82 Å². The summed E-state index contributed by atoms with van der Waals surface area (Å²) in [6.07, 6.45) is 8.01. The van der Waals surface area contributed by atoms with E-state index in [1.165, 1.54) is 0 Å². The molecule has 1 aromatic carbocycles. The first kappa shape index (κ1) is 15.3. The van der Waals surface area contributed by atoms with E-state index in [0.717, 1.165) is 59.3 Å². The van der Waals surface area contributed by atoms with Gasteiger partial charge in [0.05, 0.1) is 23.6 Å². The molecular weight excluding hydrogens is 326 g/mol. The molecule has 0 unspecified atom stereocenters. The third kappa shape index (κ3) is 2.70. The topological polar surface area (TPSA) is 96.9 Å². The highest BCUT2D eigenvalue weighted by molar-refractivity contribution is 5.83. The normalized spacial score (nSPS) is 20.7. The Hall–Kier alpha value is -2.93. The Morgan fingerprint density at radius 2 is 1.96 bits per heavy atom. The first-order valence-corrected chi connectivity index (χ1v) is 9.07. The number of H-pyrrole nitrogens is 1. The van der Waals surface area contributed by atoms with Crippen LogP contribution in [-0.2, 0) is 0 Å². The van der Waals surface area contributed by atoms with Gasteiger partial charge in [0.1, 0.15) is 5.82 Å². The number of hydrogen-bond donors (Lipinski definition) is 3. The fraction of sp³-hybridized carbons (Fsp3) is 0.316. The predicted octanol–water partition coefficient (Wildman–Crippen LogP) is 2.95. The molecule has 3 heterocycles. The molecule has 0 bridgehead atoms. The Bertz CT molecular complexity index is 1060. The van der Waals surface area contributed by atoms with Crippen molar-refractivity contribution in [2.45, 2.75) is 37.8 Å². The molecular formula is C19H21N7. The molecule has 5 rings (SSSR count). The summed E-state index contributed by atoms with van der Waals surface area (Å²) >= 11 is 0. The lowest BCUT2D eigenvalue weighted by Crippen LogP contribution is -2.33. The fourth-order valence-corrected chi connectivity index (χ4v) is 3.72. The molecule has 4 aromatic rings. The van der Waals surface area contributed by atoms with Crippen LogP contribution in [0.15, 0.2) is 42.7 Å². The van der Waals surface area contributed by atoms with E-state index in [0.29, 0.717) is 12.1 Å². The molecule has 0 amide bonds. The molecule has 7 heteroatoms. The van der Waals surface area contributed by atoms with Crippen LogP contribution >= 0.6 is 0 Å². The van der Waals surface area contributed by atoms with Crippen LogP contribution < -0.4 is 11.1 Å². The molecule has 26 heavy (non-hydrogen) atoms. The number of nitrogens with two attached hydrogens (primary N) is 1. The first-order chi connectivity index (χ1) is 12.8. The van der Waals surface area contributed by atoms with Crippen molar-refractivity contribution in [2.24, 2.45) is 5.73 Å². The van der Waals surface area contributed by atoms with Crippen LogP contribution in [0.1, 0.15) is 25.7 Å². The SMILES string of the molecule is N[C@H]1CC[C@H](Nc2ccc3ncc(-c4ccc5cn[nH]c5c4)n3n2)CC1. The summed E-state index contributed by atoms with van der Waals surface area (Å²) in [6.45, 7) is 0. The minimum absolute atomic E-state index is 0.348. The molecule has 132 valence electrons. The van der Waals surface area contributed by atoms with Gasteiger partial charge in [0.2, 0.25) is 0 Å². The van der Waals surface area contributed by atoms with Gasteiger partial charge in [0, 0.05) is 23.0 Å². The zero-order chi connectivity index (χ0) is 17.5. The van der Waals surface area contributed by atoms with Gasteiger partial charge in [-0.3, -0.25) is 5.10 Å². The van der Waals surface area contributed by atoms with Crippen molar-refractivity contribution < 1.29 is 0 Å². The molecule has 3 aromatic heterocycles. The van der Waals surface area contributed by atoms with Crippen LogP contribution in [0.2, 0.25) is 0 Å². The third-order valence-electron chi connectivity index (χ3n) is 5.22. The van der Waals surface area contributed by atoms with Gasteiger partial charge >= 0.3 is 0 Å². The van der Waals surface area contributed by atoms with Crippen LogP contribution in [0.25, 0.3) is 27.8 Å². The maximum Gasteiger partial charge on any atom is 0.154 e. The molecule has 0 atom stereocenters. The van der Waals surface area contributed by atoms with Gasteiger partial charge in [-0.2, -0.15) is 5.10 Å². The highest BCUT2D eigenvalue weighted by Gasteiger charge is 2.19. The maximum absolute atomic E-state index is 6.00. The summed E-state index contributed by atoms with van der Waals surface area (Å²) in [4.78, 5) is 4.49. The van der Waals surface area contributed by atoms with E-state index >= 15 is 0 Å². The van der Waals surface area contributed by atoms with Gasteiger partial charge in [0.15, 0.2) is 5.65 Å². The lowest BCUT2D eigenvalue weighted by atomic mass is 9.92. The van der Waals surface area contributed by atoms with Crippen molar-refractivity contribution in [3.05, 3.63) is 42.7 Å². The standard InChI is InChI=1S/C19H21N7/c20-14-3-5-15(6-4-14)23-18-7-8-19-21-11-17(26(19)25-18)12-1-2-13-10-22-24-16(13)9-12/h1-2,7-11,14-15H,3-6,20H2,(H,22,24)(H,23,25)/t14-,15-. The summed E-state index contributed by atoms with van der Waals surface area (Å²) < 4.78 is 1.90. The molecule has 1 aliphatic carbocycles. The van der Waals surface area contributed by atoms with E-state index in [1.54, 1.807) is 0 Å². The number of rotatable bonds is 3. The lowest BCUT2D eigenvalue weighted by Gasteiger charge is -2.27. The minimum atomic E-state index is 0.348. The number of benzene rings is 1. The predicted molar refractivity (Wildman–Crippen MR) is 102 cm³/mol. The molecule has 1 aliphatic rings. The zero-order valence-electron chi connectivity index (χ0n) is 14.4. The van der Waals surface area contributed by atoms with Gasteiger partial charge < -0.3 is 11.1 Å². The average Bonchev–Trinajstić information content (AvgIpc) is 3.29.